The molecule has 1 aromatic carbocycles. The van der Waals surface area contributed by atoms with Crippen molar-refractivity contribution in [3.05, 3.63) is 45.1 Å². The van der Waals surface area contributed by atoms with Gasteiger partial charge >= 0.3 is 0 Å². The van der Waals surface area contributed by atoms with E-state index in [1.807, 2.05) is 6.92 Å². The molecule has 0 aliphatic heterocycles. The third-order valence-electron chi connectivity index (χ3n) is 2.39. The lowest BCUT2D eigenvalue weighted by molar-refractivity contribution is 0.102. The lowest BCUT2D eigenvalue weighted by atomic mass is 10.2. The number of carbonyl (C=O) groups excluding carboxylic acids is 1. The van der Waals surface area contributed by atoms with Gasteiger partial charge in [-0.3, -0.25) is 9.48 Å². The van der Waals surface area contributed by atoms with Crippen LogP contribution in [0.25, 0.3) is 0 Å². The van der Waals surface area contributed by atoms with E-state index in [-0.39, 0.29) is 5.91 Å². The number of nitrogens with zero attached hydrogens (tertiary/aromatic N) is 2. The standard InChI is InChI=1S/C12H11BrClN3O/c1-7-11(6-17(2)16-7)15-12(18)8-3-9(13)5-10(14)4-8/h3-6H,1-2H3,(H,15,18). The molecule has 1 aromatic heterocycles. The molecule has 1 heterocycles. The Morgan fingerprint density at radius 1 is 1.44 bits per heavy atom. The highest BCUT2D eigenvalue weighted by Gasteiger charge is 2.11. The van der Waals surface area contributed by atoms with E-state index in [1.165, 1.54) is 0 Å². The van der Waals surface area contributed by atoms with Gasteiger partial charge in [0, 0.05) is 28.3 Å². The van der Waals surface area contributed by atoms with E-state index in [1.54, 1.807) is 36.1 Å². The number of amides is 1. The number of hydrogen-bond donors (Lipinski definition) is 1. The zero-order valence-electron chi connectivity index (χ0n) is 9.87. The van der Waals surface area contributed by atoms with Crippen molar-refractivity contribution in [2.24, 2.45) is 7.05 Å². The van der Waals surface area contributed by atoms with Crippen molar-refractivity contribution in [3.8, 4) is 0 Å². The minimum Gasteiger partial charge on any atom is -0.319 e. The van der Waals surface area contributed by atoms with Gasteiger partial charge in [-0.1, -0.05) is 27.5 Å². The second-order valence-corrected chi connectivity index (χ2v) is 5.27. The van der Waals surface area contributed by atoms with Gasteiger partial charge < -0.3 is 5.32 Å². The van der Waals surface area contributed by atoms with E-state index in [9.17, 15) is 4.79 Å². The number of hydrogen-bond acceptors (Lipinski definition) is 2. The topological polar surface area (TPSA) is 46.9 Å². The van der Waals surface area contributed by atoms with E-state index in [4.69, 9.17) is 11.6 Å². The normalized spacial score (nSPS) is 10.4. The molecule has 0 radical (unpaired) electrons. The van der Waals surface area contributed by atoms with E-state index in [0.29, 0.717) is 16.3 Å². The molecular weight excluding hydrogens is 318 g/mol. The van der Waals surface area contributed by atoms with Crippen LogP contribution in [0, 0.1) is 6.92 Å². The van der Waals surface area contributed by atoms with Gasteiger partial charge in [0.2, 0.25) is 0 Å². The Morgan fingerprint density at radius 3 is 2.72 bits per heavy atom. The smallest absolute Gasteiger partial charge is 0.255 e. The molecule has 0 spiro atoms. The van der Waals surface area contributed by atoms with Crippen molar-refractivity contribution in [3.63, 3.8) is 0 Å². The minimum atomic E-state index is -0.214. The van der Waals surface area contributed by atoms with Crippen molar-refractivity contribution in [1.82, 2.24) is 9.78 Å². The number of nitrogens with one attached hydrogen (secondary N) is 1. The van der Waals surface area contributed by atoms with Gasteiger partial charge in [0.15, 0.2) is 0 Å². The molecule has 0 fully saturated rings. The maximum Gasteiger partial charge on any atom is 0.255 e. The Hall–Kier alpha value is -1.33. The molecule has 1 amide bonds. The first-order valence-corrected chi connectivity index (χ1v) is 6.40. The number of benzene rings is 1. The number of aromatic nitrogens is 2. The van der Waals surface area contributed by atoms with Gasteiger partial charge in [0.25, 0.3) is 5.91 Å². The van der Waals surface area contributed by atoms with Crippen molar-refractivity contribution in [1.29, 1.82) is 0 Å². The van der Waals surface area contributed by atoms with Crippen LogP contribution in [0.3, 0.4) is 0 Å². The van der Waals surface area contributed by atoms with Gasteiger partial charge in [-0.2, -0.15) is 5.10 Å². The number of aryl methyl sites for hydroxylation is 2. The highest BCUT2D eigenvalue weighted by atomic mass is 79.9. The van der Waals surface area contributed by atoms with E-state index in [0.717, 1.165) is 10.2 Å². The molecule has 0 unspecified atom stereocenters. The zero-order chi connectivity index (χ0) is 13.3. The van der Waals surface area contributed by atoms with Gasteiger partial charge in [-0.15, -0.1) is 0 Å². The lowest BCUT2D eigenvalue weighted by Gasteiger charge is -2.04. The average Bonchev–Trinajstić information content (AvgIpc) is 2.56. The monoisotopic (exact) mass is 327 g/mol. The number of halogens is 2. The van der Waals surface area contributed by atoms with Crippen LogP contribution in [0.2, 0.25) is 5.02 Å². The summed E-state index contributed by atoms with van der Waals surface area (Å²) in [6.45, 7) is 1.84. The molecule has 0 aliphatic carbocycles. The molecule has 4 nitrogen and oxygen atoms in total. The predicted octanol–water partition coefficient (Wildman–Crippen LogP) is 3.40. The first-order chi connectivity index (χ1) is 8.45. The number of carbonyl (C=O) groups is 1. The largest absolute Gasteiger partial charge is 0.319 e. The molecule has 94 valence electrons. The summed E-state index contributed by atoms with van der Waals surface area (Å²) in [5.74, 6) is -0.214. The number of anilines is 1. The predicted molar refractivity (Wildman–Crippen MR) is 75.1 cm³/mol. The van der Waals surface area contributed by atoms with Gasteiger partial charge in [0.1, 0.15) is 0 Å². The Labute approximate surface area is 118 Å². The average molecular weight is 329 g/mol. The fraction of sp³-hybridized carbons (Fsp3) is 0.167. The SMILES string of the molecule is Cc1nn(C)cc1NC(=O)c1cc(Cl)cc(Br)c1. The Bertz CT molecular complexity index is 589. The second kappa shape index (κ2) is 5.12. The van der Waals surface area contributed by atoms with Crippen molar-refractivity contribution >= 4 is 39.1 Å². The highest BCUT2D eigenvalue weighted by molar-refractivity contribution is 9.10. The summed E-state index contributed by atoms with van der Waals surface area (Å²) in [7, 11) is 1.80. The molecule has 0 aliphatic rings. The quantitative estimate of drug-likeness (QED) is 0.918. The van der Waals surface area contributed by atoms with Crippen molar-refractivity contribution < 1.29 is 4.79 Å². The van der Waals surface area contributed by atoms with E-state index >= 15 is 0 Å². The fourth-order valence-electron chi connectivity index (χ4n) is 1.60. The van der Waals surface area contributed by atoms with Crippen LogP contribution in [-0.2, 0) is 7.05 Å². The minimum absolute atomic E-state index is 0.214. The third kappa shape index (κ3) is 2.91. The van der Waals surface area contributed by atoms with Crippen LogP contribution in [0.1, 0.15) is 16.1 Å². The summed E-state index contributed by atoms with van der Waals surface area (Å²) in [6.07, 6.45) is 1.76. The Kier molecular flexibility index (Phi) is 3.73. The van der Waals surface area contributed by atoms with Crippen LogP contribution in [0.4, 0.5) is 5.69 Å². The van der Waals surface area contributed by atoms with E-state index < -0.39 is 0 Å². The molecule has 6 heteroatoms. The molecule has 2 rings (SSSR count). The molecular formula is C12H11BrClN3O. The van der Waals surface area contributed by atoms with Crippen LogP contribution in [-0.4, -0.2) is 15.7 Å². The van der Waals surface area contributed by atoms with Gasteiger partial charge in [-0.25, -0.2) is 0 Å². The molecule has 18 heavy (non-hydrogen) atoms. The molecule has 0 saturated carbocycles. The molecule has 2 aromatic rings. The fourth-order valence-corrected chi connectivity index (χ4v) is 2.46. The molecule has 0 bridgehead atoms. The Morgan fingerprint density at radius 2 is 2.17 bits per heavy atom. The van der Waals surface area contributed by atoms with Gasteiger partial charge in [0.05, 0.1) is 11.4 Å². The highest BCUT2D eigenvalue weighted by Crippen LogP contribution is 2.21. The summed E-state index contributed by atoms with van der Waals surface area (Å²) < 4.78 is 2.42. The van der Waals surface area contributed by atoms with Crippen LogP contribution in [0.5, 0.6) is 0 Å². The first-order valence-electron chi connectivity index (χ1n) is 5.23. The van der Waals surface area contributed by atoms with Crippen molar-refractivity contribution in [2.45, 2.75) is 6.92 Å². The Balaban J connectivity index is 2.24. The molecule has 1 N–H and O–H groups in total. The maximum atomic E-state index is 12.1. The summed E-state index contributed by atoms with van der Waals surface area (Å²) in [6, 6.07) is 5.06. The molecule has 0 saturated heterocycles. The van der Waals surface area contributed by atoms with Crippen molar-refractivity contribution in [2.75, 3.05) is 5.32 Å². The summed E-state index contributed by atoms with van der Waals surface area (Å²) in [5.41, 5.74) is 1.96. The summed E-state index contributed by atoms with van der Waals surface area (Å²) in [4.78, 5) is 12.1. The van der Waals surface area contributed by atoms with Gasteiger partial charge in [-0.05, 0) is 25.1 Å². The van der Waals surface area contributed by atoms with Crippen LogP contribution >= 0.6 is 27.5 Å². The third-order valence-corrected chi connectivity index (χ3v) is 3.06. The zero-order valence-corrected chi connectivity index (χ0v) is 12.2. The molecule has 0 atom stereocenters. The summed E-state index contributed by atoms with van der Waals surface area (Å²) >= 11 is 9.21. The lowest BCUT2D eigenvalue weighted by Crippen LogP contribution is -2.12. The first kappa shape index (κ1) is 13.1. The summed E-state index contributed by atoms with van der Waals surface area (Å²) in [5, 5.41) is 7.47. The second-order valence-electron chi connectivity index (χ2n) is 3.91. The van der Waals surface area contributed by atoms with Crippen LogP contribution in [0.15, 0.2) is 28.9 Å². The van der Waals surface area contributed by atoms with E-state index in [2.05, 4.69) is 26.3 Å². The maximum absolute atomic E-state index is 12.1. The van der Waals surface area contributed by atoms with Crippen LogP contribution < -0.4 is 5.32 Å². The number of rotatable bonds is 2.